The fourth-order valence-corrected chi connectivity index (χ4v) is 0.499. The van der Waals surface area contributed by atoms with Crippen molar-refractivity contribution in [3.8, 4) is 0 Å². The molecule has 0 fully saturated rings. The van der Waals surface area contributed by atoms with E-state index in [9.17, 15) is 0 Å². The van der Waals surface area contributed by atoms with Gasteiger partial charge < -0.3 is 0 Å². The molecular weight excluding hydrogens is 86.1 g/mol. The van der Waals surface area contributed by atoms with Crippen LogP contribution in [-0.2, 0) is 0 Å². The predicted octanol–water partition coefficient (Wildman–Crippen LogP) is 1.13. The summed E-state index contributed by atoms with van der Waals surface area (Å²) in [5.74, 6) is 0. The molecule has 0 spiro atoms. The highest BCUT2D eigenvalue weighted by molar-refractivity contribution is 5.22. The molecule has 0 N–H and O–H groups in total. The van der Waals surface area contributed by atoms with Gasteiger partial charge in [-0.3, -0.25) is 0 Å². The molecule has 0 unspecified atom stereocenters. The van der Waals surface area contributed by atoms with Crippen LogP contribution in [0.2, 0.25) is 0 Å². The second kappa shape index (κ2) is 1.34. The quantitative estimate of drug-likeness (QED) is 0.396. The lowest BCUT2D eigenvalue weighted by Crippen LogP contribution is -1.90. The van der Waals surface area contributed by atoms with E-state index in [4.69, 9.17) is 0 Å². The molecule has 0 saturated carbocycles. The van der Waals surface area contributed by atoms with Crippen molar-refractivity contribution in [2.75, 3.05) is 0 Å². The zero-order chi connectivity index (χ0) is 5.28. The van der Waals surface area contributed by atoms with Gasteiger partial charge in [0.25, 0.3) is 0 Å². The Labute approximate surface area is 43.3 Å². The molecule has 1 nitrogen and oxygen atoms in total. The highest BCUT2D eigenvalue weighted by Gasteiger charge is 2.02. The Morgan fingerprint density at radius 1 is 1.71 bits per heavy atom. The van der Waals surface area contributed by atoms with Gasteiger partial charge in [0, 0.05) is 19.1 Å². The summed E-state index contributed by atoms with van der Waals surface area (Å²) in [7, 11) is 0. The molecule has 1 rings (SSSR count). The molecular formula is C6H8N+. The molecule has 7 heavy (non-hydrogen) atoms. The molecule has 0 bridgehead atoms. The average molecular weight is 94.1 g/mol. The normalized spacial score (nSPS) is 17.9. The number of nitrogens with zero attached hydrogens (tertiary/aromatic N) is 1. The van der Waals surface area contributed by atoms with Crippen molar-refractivity contribution in [1.29, 1.82) is 0 Å². The highest BCUT2D eigenvalue weighted by Crippen LogP contribution is 2.01. The van der Waals surface area contributed by atoms with Crippen LogP contribution < -0.4 is 0 Å². The van der Waals surface area contributed by atoms with Crippen molar-refractivity contribution < 1.29 is 4.58 Å². The third-order valence-electron chi connectivity index (χ3n) is 1.06. The van der Waals surface area contributed by atoms with Gasteiger partial charge in [-0.1, -0.05) is 0 Å². The molecule has 1 heterocycles. The van der Waals surface area contributed by atoms with Crippen molar-refractivity contribution in [2.24, 2.45) is 0 Å². The first-order chi connectivity index (χ1) is 3.30. The Morgan fingerprint density at radius 3 is 2.57 bits per heavy atom. The molecule has 0 saturated heterocycles. The van der Waals surface area contributed by atoms with E-state index in [-0.39, 0.29) is 0 Å². The van der Waals surface area contributed by atoms with Gasteiger partial charge in [-0.05, 0) is 0 Å². The summed E-state index contributed by atoms with van der Waals surface area (Å²) in [5.41, 5.74) is 1.19. The molecule has 1 aliphatic rings. The minimum Gasteiger partial charge on any atom is -0.178 e. The first-order valence-corrected chi connectivity index (χ1v) is 2.25. The first-order valence-electron chi connectivity index (χ1n) is 2.25. The summed E-state index contributed by atoms with van der Waals surface area (Å²) in [6.07, 6.45) is 5.92. The van der Waals surface area contributed by atoms with E-state index in [1.165, 1.54) is 5.70 Å². The summed E-state index contributed by atoms with van der Waals surface area (Å²) in [6, 6.07) is 0. The van der Waals surface area contributed by atoms with Crippen molar-refractivity contribution in [1.82, 2.24) is 0 Å². The lowest BCUT2D eigenvalue weighted by molar-refractivity contribution is -0.385. The third kappa shape index (κ3) is 0.610. The van der Waals surface area contributed by atoms with E-state index in [0.717, 1.165) is 0 Å². The monoisotopic (exact) mass is 94.1 g/mol. The standard InChI is InChI=1S/C6H8N/c1-6-4-3-5-7(6)2/h3-5H,2H2,1H3/q+1. The predicted molar refractivity (Wildman–Crippen MR) is 30.3 cm³/mol. The first kappa shape index (κ1) is 4.31. The van der Waals surface area contributed by atoms with E-state index in [1.54, 1.807) is 0 Å². The lowest BCUT2D eigenvalue weighted by atomic mass is 10.5. The number of hydrogen-bond acceptors (Lipinski definition) is 0. The van der Waals surface area contributed by atoms with Crippen LogP contribution in [0.5, 0.6) is 0 Å². The van der Waals surface area contributed by atoms with Crippen molar-refractivity contribution in [3.63, 3.8) is 0 Å². The summed E-state index contributed by atoms with van der Waals surface area (Å²) in [5, 5.41) is 0. The molecule has 36 valence electrons. The van der Waals surface area contributed by atoms with Crippen LogP contribution in [-0.4, -0.2) is 11.3 Å². The van der Waals surface area contributed by atoms with E-state index in [2.05, 4.69) is 6.72 Å². The minimum absolute atomic E-state index is 1.19. The topological polar surface area (TPSA) is 3.01 Å². The zero-order valence-electron chi connectivity index (χ0n) is 4.39. The molecule has 1 aliphatic heterocycles. The number of allylic oxidation sites excluding steroid dienone is 3. The summed E-state index contributed by atoms with van der Waals surface area (Å²) >= 11 is 0. The van der Waals surface area contributed by atoms with Crippen LogP contribution >= 0.6 is 0 Å². The van der Waals surface area contributed by atoms with Crippen LogP contribution in [0.15, 0.2) is 24.0 Å². The Balaban J connectivity index is 2.89. The van der Waals surface area contributed by atoms with Gasteiger partial charge in [-0.15, -0.1) is 0 Å². The SMILES string of the molecule is C=[N+]1C=CC=C1C. The number of hydrogen-bond donors (Lipinski definition) is 0. The molecule has 0 aromatic heterocycles. The smallest absolute Gasteiger partial charge is 0.178 e. The largest absolute Gasteiger partial charge is 0.183 e. The van der Waals surface area contributed by atoms with Crippen LogP contribution in [0.1, 0.15) is 6.92 Å². The molecule has 0 aromatic carbocycles. The van der Waals surface area contributed by atoms with E-state index in [1.807, 2.05) is 29.9 Å². The molecule has 0 radical (unpaired) electrons. The molecule has 0 atom stereocenters. The van der Waals surface area contributed by atoms with Gasteiger partial charge in [-0.2, -0.15) is 4.58 Å². The van der Waals surface area contributed by atoms with Crippen molar-refractivity contribution in [2.45, 2.75) is 6.92 Å². The zero-order valence-corrected chi connectivity index (χ0v) is 4.39. The average Bonchev–Trinajstić information content (AvgIpc) is 1.91. The molecule has 0 amide bonds. The Morgan fingerprint density at radius 2 is 2.43 bits per heavy atom. The second-order valence-corrected chi connectivity index (χ2v) is 1.62. The van der Waals surface area contributed by atoms with Crippen LogP contribution in [0.4, 0.5) is 0 Å². The summed E-state index contributed by atoms with van der Waals surface area (Å²) in [4.78, 5) is 0. The lowest BCUT2D eigenvalue weighted by Gasteiger charge is -1.80. The Hall–Kier alpha value is -0.850. The summed E-state index contributed by atoms with van der Waals surface area (Å²) in [6.45, 7) is 5.72. The fourth-order valence-electron chi connectivity index (χ4n) is 0.499. The molecule has 0 aliphatic carbocycles. The van der Waals surface area contributed by atoms with Gasteiger partial charge >= 0.3 is 0 Å². The highest BCUT2D eigenvalue weighted by atomic mass is 15.0. The molecule has 1 heteroatoms. The third-order valence-corrected chi connectivity index (χ3v) is 1.06. The van der Waals surface area contributed by atoms with E-state index < -0.39 is 0 Å². The van der Waals surface area contributed by atoms with Gasteiger partial charge in [0.05, 0.1) is 0 Å². The molecule has 0 aromatic rings. The van der Waals surface area contributed by atoms with E-state index >= 15 is 0 Å². The van der Waals surface area contributed by atoms with Gasteiger partial charge in [0.15, 0.2) is 11.9 Å². The Kier molecular flexibility index (Phi) is 0.823. The maximum Gasteiger partial charge on any atom is 0.183 e. The minimum atomic E-state index is 1.19. The van der Waals surface area contributed by atoms with Gasteiger partial charge in [-0.25, -0.2) is 0 Å². The van der Waals surface area contributed by atoms with Crippen molar-refractivity contribution >= 4 is 6.72 Å². The van der Waals surface area contributed by atoms with Gasteiger partial charge in [0.1, 0.15) is 6.72 Å². The van der Waals surface area contributed by atoms with E-state index in [0.29, 0.717) is 0 Å². The Bertz CT molecular complexity index is 152. The van der Waals surface area contributed by atoms with Crippen LogP contribution in [0.3, 0.4) is 0 Å². The second-order valence-electron chi connectivity index (χ2n) is 1.62. The van der Waals surface area contributed by atoms with Crippen LogP contribution in [0, 0.1) is 0 Å². The van der Waals surface area contributed by atoms with Crippen molar-refractivity contribution in [3.05, 3.63) is 24.0 Å². The number of rotatable bonds is 0. The van der Waals surface area contributed by atoms with Crippen LogP contribution in [0.25, 0.3) is 0 Å². The summed E-state index contributed by atoms with van der Waals surface area (Å²) < 4.78 is 1.83. The maximum absolute atomic E-state index is 3.70. The van der Waals surface area contributed by atoms with Gasteiger partial charge in [0.2, 0.25) is 0 Å². The maximum atomic E-state index is 3.70. The fraction of sp³-hybridized carbons (Fsp3) is 0.167.